The summed E-state index contributed by atoms with van der Waals surface area (Å²) in [5.74, 6) is -0.312. The van der Waals surface area contributed by atoms with Crippen LogP contribution in [0.15, 0.2) is 16.7 Å². The van der Waals surface area contributed by atoms with Crippen molar-refractivity contribution >= 4 is 50.7 Å². The van der Waals surface area contributed by atoms with Crippen LogP contribution in [0.4, 0.5) is 5.69 Å². The van der Waals surface area contributed by atoms with Gasteiger partial charge in [0, 0.05) is 10.7 Å². The molecule has 1 unspecified atom stereocenters. The number of rotatable bonds is 2. The third kappa shape index (κ3) is 3.12. The lowest BCUT2D eigenvalue weighted by atomic mass is 10.4. The Hall–Kier alpha value is -0.320. The minimum absolute atomic E-state index is 0.235. The first-order chi connectivity index (χ1) is 6.50. The zero-order chi connectivity index (χ0) is 10.7. The van der Waals surface area contributed by atoms with E-state index in [0.29, 0.717) is 5.69 Å². The van der Waals surface area contributed by atoms with Crippen molar-refractivity contribution in [2.75, 3.05) is 5.32 Å². The van der Waals surface area contributed by atoms with Crippen molar-refractivity contribution in [1.29, 1.82) is 0 Å². The predicted molar refractivity (Wildman–Crippen MR) is 60.9 cm³/mol. The van der Waals surface area contributed by atoms with Crippen LogP contribution in [0.25, 0.3) is 0 Å². The number of hydrogen-bond donors (Lipinski definition) is 1. The highest BCUT2D eigenvalue weighted by Gasteiger charge is 2.11. The molecule has 1 amide bonds. The number of hydrogen-bond acceptors (Lipinski definition) is 2. The van der Waals surface area contributed by atoms with Crippen molar-refractivity contribution in [3.8, 4) is 0 Å². The molecule has 6 heteroatoms. The molecule has 0 fully saturated rings. The maximum atomic E-state index is 11.2. The third-order valence-corrected chi connectivity index (χ3v) is 2.36. The topological polar surface area (TPSA) is 42.0 Å². The molecular formula is C8H7BrCl2N2O. The van der Waals surface area contributed by atoms with E-state index in [9.17, 15) is 4.79 Å². The molecule has 14 heavy (non-hydrogen) atoms. The zero-order valence-corrected chi connectivity index (χ0v) is 10.3. The Morgan fingerprint density at radius 3 is 2.93 bits per heavy atom. The summed E-state index contributed by atoms with van der Waals surface area (Å²) in [5, 5.41) is 2.18. The number of aromatic nitrogens is 1. The lowest BCUT2D eigenvalue weighted by molar-refractivity contribution is -0.115. The summed E-state index contributed by atoms with van der Waals surface area (Å²) in [5.41, 5.74) is 0.443. The van der Waals surface area contributed by atoms with Gasteiger partial charge in [0.25, 0.3) is 0 Å². The van der Waals surface area contributed by atoms with Crippen molar-refractivity contribution in [3.63, 3.8) is 0 Å². The van der Waals surface area contributed by atoms with Crippen molar-refractivity contribution in [2.24, 2.45) is 0 Å². The summed E-state index contributed by atoms with van der Waals surface area (Å²) in [6, 6.07) is 1.66. The van der Waals surface area contributed by atoms with Crippen molar-refractivity contribution in [3.05, 3.63) is 21.9 Å². The number of nitrogens with zero attached hydrogens (tertiary/aromatic N) is 1. The molecule has 0 saturated heterocycles. The number of halogens is 3. The normalized spacial score (nSPS) is 12.3. The number of carbonyl (C=O) groups excluding carboxylic acids is 1. The van der Waals surface area contributed by atoms with Gasteiger partial charge in [-0.15, -0.1) is 11.6 Å². The molecule has 76 valence electrons. The Morgan fingerprint density at radius 2 is 2.36 bits per heavy atom. The van der Waals surface area contributed by atoms with Crippen LogP contribution in [-0.2, 0) is 4.79 Å². The maximum absolute atomic E-state index is 11.2. The molecule has 3 nitrogen and oxygen atoms in total. The highest BCUT2D eigenvalue weighted by atomic mass is 79.9. The SMILES string of the molecule is CC(Cl)C(=O)Nc1cc(Br)cnc1Cl. The predicted octanol–water partition coefficient (Wildman–Crippen LogP) is 3.06. The summed E-state index contributed by atoms with van der Waals surface area (Å²) < 4.78 is 0.736. The van der Waals surface area contributed by atoms with Gasteiger partial charge in [-0.25, -0.2) is 4.98 Å². The highest BCUT2D eigenvalue weighted by Crippen LogP contribution is 2.23. The Balaban J connectivity index is 2.86. The highest BCUT2D eigenvalue weighted by molar-refractivity contribution is 9.10. The van der Waals surface area contributed by atoms with E-state index < -0.39 is 5.38 Å². The van der Waals surface area contributed by atoms with E-state index in [4.69, 9.17) is 23.2 Å². The van der Waals surface area contributed by atoms with Crippen molar-refractivity contribution in [1.82, 2.24) is 4.98 Å². The molecule has 0 spiro atoms. The minimum Gasteiger partial charge on any atom is -0.322 e. The number of carbonyl (C=O) groups is 1. The molecule has 0 bridgehead atoms. The number of anilines is 1. The first-order valence-corrected chi connectivity index (χ1v) is 5.37. The average molecular weight is 298 g/mol. The first-order valence-electron chi connectivity index (χ1n) is 3.76. The van der Waals surface area contributed by atoms with Crippen LogP contribution in [0, 0.1) is 0 Å². The van der Waals surface area contributed by atoms with Crippen LogP contribution >= 0.6 is 39.1 Å². The van der Waals surface area contributed by atoms with Gasteiger partial charge >= 0.3 is 0 Å². The quantitative estimate of drug-likeness (QED) is 0.673. The smallest absolute Gasteiger partial charge is 0.242 e. The van der Waals surface area contributed by atoms with Gasteiger partial charge in [-0.2, -0.15) is 0 Å². The van der Waals surface area contributed by atoms with Crippen LogP contribution in [0.5, 0.6) is 0 Å². The van der Waals surface area contributed by atoms with Gasteiger partial charge in [0.05, 0.1) is 5.69 Å². The molecule has 1 atom stereocenters. The number of amides is 1. The Bertz CT molecular complexity index is 357. The minimum atomic E-state index is -0.606. The molecule has 0 radical (unpaired) electrons. The molecule has 0 aromatic carbocycles. The van der Waals surface area contributed by atoms with E-state index in [1.54, 1.807) is 19.2 Å². The largest absolute Gasteiger partial charge is 0.322 e. The standard InChI is InChI=1S/C8H7BrCl2N2O/c1-4(10)8(14)13-6-2-5(9)3-12-7(6)11/h2-4H,1H3,(H,13,14). The fourth-order valence-corrected chi connectivity index (χ4v) is 1.28. The first kappa shape index (κ1) is 11.8. The summed E-state index contributed by atoms with van der Waals surface area (Å²) in [6.07, 6.45) is 1.54. The summed E-state index contributed by atoms with van der Waals surface area (Å²) in [7, 11) is 0. The molecule has 1 N–H and O–H groups in total. The van der Waals surface area contributed by atoms with Gasteiger partial charge in [0.1, 0.15) is 5.38 Å². The summed E-state index contributed by atoms with van der Waals surface area (Å²) >= 11 is 14.6. The average Bonchev–Trinajstić information content (AvgIpc) is 2.11. The van der Waals surface area contributed by atoms with Gasteiger partial charge in [-0.3, -0.25) is 4.79 Å². The van der Waals surface area contributed by atoms with E-state index in [2.05, 4.69) is 26.2 Å². The van der Waals surface area contributed by atoms with Crippen molar-refractivity contribution in [2.45, 2.75) is 12.3 Å². The number of nitrogens with one attached hydrogen (secondary N) is 1. The lowest BCUT2D eigenvalue weighted by Gasteiger charge is -2.07. The number of pyridine rings is 1. The van der Waals surface area contributed by atoms with Crippen LogP contribution in [0.2, 0.25) is 5.15 Å². The molecule has 0 saturated carbocycles. The van der Waals surface area contributed by atoms with Gasteiger partial charge in [-0.1, -0.05) is 11.6 Å². The molecule has 0 aliphatic heterocycles. The van der Waals surface area contributed by atoms with E-state index in [1.807, 2.05) is 0 Å². The molecule has 1 aromatic rings. The maximum Gasteiger partial charge on any atom is 0.242 e. The van der Waals surface area contributed by atoms with E-state index in [-0.39, 0.29) is 11.1 Å². The Labute approximate surface area is 99.9 Å². The molecule has 1 aromatic heterocycles. The van der Waals surface area contributed by atoms with E-state index in [1.165, 1.54) is 0 Å². The van der Waals surface area contributed by atoms with Crippen molar-refractivity contribution < 1.29 is 4.79 Å². The molecule has 1 heterocycles. The zero-order valence-electron chi connectivity index (χ0n) is 7.22. The molecule has 0 aliphatic rings. The summed E-state index contributed by atoms with van der Waals surface area (Å²) in [6.45, 7) is 1.58. The second kappa shape index (κ2) is 4.96. The van der Waals surface area contributed by atoms with Gasteiger partial charge in [0.15, 0.2) is 5.15 Å². The monoisotopic (exact) mass is 296 g/mol. The third-order valence-electron chi connectivity index (χ3n) is 1.42. The van der Waals surface area contributed by atoms with Gasteiger partial charge in [-0.05, 0) is 28.9 Å². The number of alkyl halides is 1. The molecule has 1 rings (SSSR count). The lowest BCUT2D eigenvalue weighted by Crippen LogP contribution is -2.20. The van der Waals surface area contributed by atoms with Gasteiger partial charge < -0.3 is 5.32 Å². The Kier molecular flexibility index (Phi) is 4.16. The molecular weight excluding hydrogens is 291 g/mol. The fourth-order valence-electron chi connectivity index (χ4n) is 0.742. The summed E-state index contributed by atoms with van der Waals surface area (Å²) in [4.78, 5) is 15.1. The van der Waals surface area contributed by atoms with E-state index in [0.717, 1.165) is 4.47 Å². The van der Waals surface area contributed by atoms with Gasteiger partial charge in [0.2, 0.25) is 5.91 Å². The second-order valence-corrected chi connectivity index (χ2v) is 4.53. The van der Waals surface area contributed by atoms with Crippen LogP contribution in [0.1, 0.15) is 6.92 Å². The van der Waals surface area contributed by atoms with Crippen LogP contribution < -0.4 is 5.32 Å². The Morgan fingerprint density at radius 1 is 1.71 bits per heavy atom. The van der Waals surface area contributed by atoms with E-state index >= 15 is 0 Å². The fraction of sp³-hybridized carbons (Fsp3) is 0.250. The van der Waals surface area contributed by atoms with Crippen LogP contribution in [-0.4, -0.2) is 16.3 Å². The second-order valence-electron chi connectivity index (χ2n) is 2.60. The van der Waals surface area contributed by atoms with Crippen LogP contribution in [0.3, 0.4) is 0 Å². The molecule has 0 aliphatic carbocycles.